The molecule has 0 amide bonds. The number of alkyl halides is 3. The topological polar surface area (TPSA) is 40.9 Å². The van der Waals surface area contributed by atoms with E-state index in [4.69, 9.17) is 43.8 Å². The molecule has 0 rings (SSSR count). The first-order valence-electron chi connectivity index (χ1n) is 1.06. The van der Waals surface area contributed by atoms with Gasteiger partial charge in [0.15, 0.2) is 4.30 Å². The second-order valence-corrected chi connectivity index (χ2v) is 2.50. The van der Waals surface area contributed by atoms with Crippen LogP contribution in [-0.4, -0.2) is 4.30 Å². The molecule has 7 heavy (non-hydrogen) atoms. The lowest BCUT2D eigenvalue weighted by Crippen LogP contribution is -1.55. The molecule has 0 aromatic rings. The Morgan fingerprint density at radius 3 is 1.43 bits per heavy atom. The van der Waals surface area contributed by atoms with Crippen LogP contribution in [0.5, 0.6) is 0 Å². The Balaban J connectivity index is 0. The Labute approximate surface area is 59.8 Å². The number of hydrogen-bond acceptors (Lipinski definition) is 3. The lowest BCUT2D eigenvalue weighted by Gasteiger charge is -1.69. The second kappa shape index (κ2) is 9.94. The average molecular weight is 183 g/mol. The largest absolute Gasteiger partial charge is 0.448 e. The zero-order valence-corrected chi connectivity index (χ0v) is 6.23. The molecule has 0 bridgehead atoms. The van der Waals surface area contributed by atoms with E-state index in [0.29, 0.717) is 0 Å². The van der Waals surface area contributed by atoms with Gasteiger partial charge in [0.1, 0.15) is 0 Å². The number of hydrogen-bond donors (Lipinski definition) is 1. The first kappa shape index (κ1) is 10.7. The van der Waals surface area contributed by atoms with Crippen molar-refractivity contribution in [3.05, 3.63) is 0 Å². The summed E-state index contributed by atoms with van der Waals surface area (Å²) in [5, 5.41) is 0. The van der Waals surface area contributed by atoms with E-state index < -0.39 is 15.8 Å². The summed E-state index contributed by atoms with van der Waals surface area (Å²) in [6.07, 6.45) is 0. The number of thiol groups is 1. The predicted octanol–water partition coefficient (Wildman–Crippen LogP) is 1.90. The van der Waals surface area contributed by atoms with Crippen LogP contribution in [0, 0.1) is 4.78 Å². The van der Waals surface area contributed by atoms with Crippen LogP contribution in [0.3, 0.4) is 0 Å². The smallest absolute Gasteiger partial charge is 0.180 e. The van der Waals surface area contributed by atoms with Crippen LogP contribution in [0.15, 0.2) is 0 Å². The van der Waals surface area contributed by atoms with Crippen LogP contribution in [-0.2, 0) is 15.7 Å². The SMILES string of the molecule is ClC(Cl)Cl.N=[SH-]=O. The highest BCUT2D eigenvalue weighted by Gasteiger charge is 1.78. The molecule has 0 fully saturated rings. The van der Waals surface area contributed by atoms with Gasteiger partial charge in [-0.3, -0.25) is 0 Å². The van der Waals surface area contributed by atoms with E-state index in [0.717, 1.165) is 0 Å². The Bertz CT molecular complexity index is 57.2. The van der Waals surface area contributed by atoms with E-state index >= 15 is 0 Å². The molecular formula is CH3Cl3NOS-. The summed E-state index contributed by atoms with van der Waals surface area (Å²) in [4.78, 5) is 0. The first-order valence-corrected chi connectivity index (χ1v) is 3.18. The third kappa shape index (κ3) is 236. The molecule has 0 atom stereocenters. The summed E-state index contributed by atoms with van der Waals surface area (Å²) in [5.41, 5.74) is 0. The highest BCUT2D eigenvalue weighted by atomic mass is 35.6. The summed E-state index contributed by atoms with van der Waals surface area (Å²) >= 11 is 13.8. The van der Waals surface area contributed by atoms with Crippen LogP contribution in [0.2, 0.25) is 0 Å². The van der Waals surface area contributed by atoms with Gasteiger partial charge in [0.2, 0.25) is 0 Å². The Morgan fingerprint density at radius 2 is 1.43 bits per heavy atom. The fraction of sp³-hybridized carbons (Fsp3) is 1.00. The lowest BCUT2D eigenvalue weighted by molar-refractivity contribution is 0.608. The van der Waals surface area contributed by atoms with Crippen molar-refractivity contribution in [3.63, 3.8) is 0 Å². The van der Waals surface area contributed by atoms with Gasteiger partial charge in [0, 0.05) is 0 Å². The van der Waals surface area contributed by atoms with Crippen LogP contribution in [0.4, 0.5) is 0 Å². The zero-order valence-electron chi connectivity index (χ0n) is 3.07. The second-order valence-electron chi connectivity index (χ2n) is 0.339. The van der Waals surface area contributed by atoms with Gasteiger partial charge in [-0.05, 0) is 0 Å². The maximum atomic E-state index is 8.57. The zero-order chi connectivity index (χ0) is 6.28. The molecule has 46 valence electrons. The fourth-order valence-corrected chi connectivity index (χ4v) is 0. The quantitative estimate of drug-likeness (QED) is 0.348. The number of nitrogens with one attached hydrogen (secondary N) is 1. The minimum Gasteiger partial charge on any atom is -0.448 e. The van der Waals surface area contributed by atoms with Crippen molar-refractivity contribution in [2.75, 3.05) is 0 Å². The van der Waals surface area contributed by atoms with Crippen molar-refractivity contribution < 1.29 is 4.21 Å². The van der Waals surface area contributed by atoms with E-state index in [1.54, 1.807) is 0 Å². The third-order valence-electron chi connectivity index (χ3n) is 0. The Hall–Kier alpha value is 0.820. The minimum atomic E-state index is -0.750. The van der Waals surface area contributed by atoms with E-state index in [1.165, 1.54) is 0 Å². The standard InChI is InChI=1S/CHCl3.H2NOS/c2-1(3)4;1-3-2/h1H;1,3H/q;-1. The maximum Gasteiger partial charge on any atom is 0.180 e. The minimum absolute atomic E-state index is 0.583. The molecular weight excluding hydrogens is 180 g/mol. The van der Waals surface area contributed by atoms with Gasteiger partial charge >= 0.3 is 0 Å². The molecule has 0 unspecified atom stereocenters. The van der Waals surface area contributed by atoms with Crippen LogP contribution in [0.1, 0.15) is 0 Å². The molecule has 2 nitrogen and oxygen atoms in total. The van der Waals surface area contributed by atoms with E-state index in [2.05, 4.69) is 0 Å². The van der Waals surface area contributed by atoms with Gasteiger partial charge in [0.05, 0.1) is 0 Å². The van der Waals surface area contributed by atoms with Crippen LogP contribution >= 0.6 is 34.8 Å². The highest BCUT2D eigenvalue weighted by Crippen LogP contribution is 2.03. The molecule has 1 N–H and O–H groups in total. The summed E-state index contributed by atoms with van der Waals surface area (Å²) in [7, 11) is 0. The monoisotopic (exact) mass is 182 g/mol. The molecule has 6 heteroatoms. The molecule has 0 aliphatic carbocycles. The van der Waals surface area contributed by atoms with Crippen molar-refractivity contribution >= 4 is 46.3 Å². The van der Waals surface area contributed by atoms with E-state index in [-0.39, 0.29) is 0 Å². The predicted molar refractivity (Wildman–Crippen MR) is 33.5 cm³/mol. The summed E-state index contributed by atoms with van der Waals surface area (Å²) in [6.45, 7) is 0. The molecule has 0 aromatic carbocycles. The fourth-order valence-electron chi connectivity index (χ4n) is 0. The molecule has 0 aliphatic heterocycles. The van der Waals surface area contributed by atoms with E-state index in [1.807, 2.05) is 0 Å². The average Bonchev–Trinajstić information content (AvgIpc) is 1.33. The van der Waals surface area contributed by atoms with Crippen molar-refractivity contribution in [1.82, 2.24) is 0 Å². The molecule has 0 saturated heterocycles. The number of rotatable bonds is 0. The number of halogens is 3. The van der Waals surface area contributed by atoms with Gasteiger partial charge < -0.3 is 8.99 Å². The highest BCUT2D eigenvalue weighted by molar-refractivity contribution is 7.52. The van der Waals surface area contributed by atoms with Gasteiger partial charge in [-0.15, -0.1) is 0 Å². The molecule has 0 aliphatic rings. The maximum absolute atomic E-state index is 8.57. The first-order chi connectivity index (χ1) is 3.15. The Kier molecular flexibility index (Phi) is 15.3. The van der Waals surface area contributed by atoms with Crippen molar-refractivity contribution in [2.24, 2.45) is 0 Å². The molecule has 0 heterocycles. The van der Waals surface area contributed by atoms with Gasteiger partial charge in [-0.1, -0.05) is 34.8 Å². The molecule has 0 radical (unpaired) electrons. The molecule has 0 aromatic heterocycles. The normalized spacial score (nSPS) is 7.43. The third-order valence-corrected chi connectivity index (χ3v) is 0. The van der Waals surface area contributed by atoms with Gasteiger partial charge in [0.25, 0.3) is 0 Å². The van der Waals surface area contributed by atoms with Crippen LogP contribution < -0.4 is 0 Å². The summed E-state index contributed by atoms with van der Waals surface area (Å²) < 4.78 is 13.4. The van der Waals surface area contributed by atoms with Crippen molar-refractivity contribution in [2.45, 2.75) is 4.30 Å². The van der Waals surface area contributed by atoms with Gasteiger partial charge in [-0.25, -0.2) is 11.5 Å². The lowest BCUT2D eigenvalue weighted by atomic mass is 11.9. The summed E-state index contributed by atoms with van der Waals surface area (Å²) in [6, 6.07) is 0. The van der Waals surface area contributed by atoms with Crippen molar-refractivity contribution in [1.29, 1.82) is 4.78 Å². The van der Waals surface area contributed by atoms with Crippen molar-refractivity contribution in [3.8, 4) is 0 Å². The summed E-state index contributed by atoms with van der Waals surface area (Å²) in [5.74, 6) is 0. The Morgan fingerprint density at radius 1 is 1.43 bits per heavy atom. The van der Waals surface area contributed by atoms with Gasteiger partial charge in [-0.2, -0.15) is 0 Å². The molecule has 0 saturated carbocycles. The van der Waals surface area contributed by atoms with Crippen LogP contribution in [0.25, 0.3) is 0 Å². The molecule has 0 spiro atoms. The van der Waals surface area contributed by atoms with E-state index in [9.17, 15) is 0 Å².